The highest BCUT2D eigenvalue weighted by molar-refractivity contribution is 5.45. The Morgan fingerprint density at radius 3 is 3.00 bits per heavy atom. The highest BCUT2D eigenvalue weighted by Gasteiger charge is 2.35. The third kappa shape index (κ3) is 0.758. The summed E-state index contributed by atoms with van der Waals surface area (Å²) in [4.78, 5) is 0. The second-order valence-corrected chi connectivity index (χ2v) is 3.35. The van der Waals surface area contributed by atoms with Crippen LogP contribution in [0.2, 0.25) is 0 Å². The van der Waals surface area contributed by atoms with Crippen LogP contribution in [0.3, 0.4) is 0 Å². The third-order valence-corrected chi connectivity index (χ3v) is 2.09. The van der Waals surface area contributed by atoms with E-state index in [1.54, 1.807) is 0 Å². The first-order chi connectivity index (χ1) is 5.11. The second kappa shape index (κ2) is 1.76. The molecule has 1 aromatic rings. The average molecular weight is 153 g/mol. The first-order valence-corrected chi connectivity index (χ1v) is 3.61. The maximum atomic E-state index is 5.57. The van der Waals surface area contributed by atoms with Gasteiger partial charge in [0.15, 0.2) is 11.6 Å². The average Bonchev–Trinajstić information content (AvgIpc) is 2.39. The number of anilines is 1. The fourth-order valence-corrected chi connectivity index (χ4v) is 1.37. The lowest BCUT2D eigenvalue weighted by atomic mass is 10.0. The molecule has 0 saturated heterocycles. The standard InChI is InChI=1S/C7H11N3O/c1-7(2)5-4(3-9-7)6(8)10-11-5/h9H,3H2,1-2H3,(H2,8,10). The van der Waals surface area contributed by atoms with Gasteiger partial charge in [-0.25, -0.2) is 0 Å². The number of aromatic nitrogens is 1. The van der Waals surface area contributed by atoms with Crippen molar-refractivity contribution in [3.05, 3.63) is 11.3 Å². The van der Waals surface area contributed by atoms with Crippen LogP contribution in [0.4, 0.5) is 5.82 Å². The molecule has 1 aliphatic rings. The van der Waals surface area contributed by atoms with Gasteiger partial charge in [-0.1, -0.05) is 5.16 Å². The summed E-state index contributed by atoms with van der Waals surface area (Å²) in [5.74, 6) is 1.38. The van der Waals surface area contributed by atoms with E-state index in [0.717, 1.165) is 17.9 Å². The molecule has 0 spiro atoms. The molecule has 60 valence electrons. The summed E-state index contributed by atoms with van der Waals surface area (Å²) in [5, 5.41) is 6.97. The zero-order chi connectivity index (χ0) is 8.06. The molecule has 0 fully saturated rings. The number of fused-ring (bicyclic) bond motifs is 1. The summed E-state index contributed by atoms with van der Waals surface area (Å²) in [6.07, 6.45) is 0. The summed E-state index contributed by atoms with van der Waals surface area (Å²) >= 11 is 0. The fraction of sp³-hybridized carbons (Fsp3) is 0.571. The van der Waals surface area contributed by atoms with Gasteiger partial charge in [0.25, 0.3) is 0 Å². The maximum Gasteiger partial charge on any atom is 0.171 e. The Hall–Kier alpha value is -1.03. The molecule has 0 saturated carbocycles. The van der Waals surface area contributed by atoms with Gasteiger partial charge >= 0.3 is 0 Å². The molecule has 2 rings (SSSR count). The van der Waals surface area contributed by atoms with Gasteiger partial charge in [-0.2, -0.15) is 0 Å². The fourth-order valence-electron chi connectivity index (χ4n) is 1.37. The molecule has 0 amide bonds. The maximum absolute atomic E-state index is 5.57. The number of nitrogens with zero attached hydrogens (tertiary/aromatic N) is 1. The Labute approximate surface area is 64.7 Å². The predicted octanol–water partition coefficient (Wildman–Crippen LogP) is 0.595. The summed E-state index contributed by atoms with van der Waals surface area (Å²) in [6, 6.07) is 0. The first-order valence-electron chi connectivity index (χ1n) is 3.61. The minimum Gasteiger partial charge on any atom is -0.381 e. The lowest BCUT2D eigenvalue weighted by Gasteiger charge is -2.14. The molecule has 0 aromatic carbocycles. The van der Waals surface area contributed by atoms with E-state index in [2.05, 4.69) is 10.5 Å². The summed E-state index contributed by atoms with van der Waals surface area (Å²) in [5.41, 5.74) is 6.47. The van der Waals surface area contributed by atoms with Crippen molar-refractivity contribution >= 4 is 5.82 Å². The molecule has 4 heteroatoms. The van der Waals surface area contributed by atoms with Crippen LogP contribution in [-0.2, 0) is 12.1 Å². The quantitative estimate of drug-likeness (QED) is 0.572. The van der Waals surface area contributed by atoms with Crippen LogP contribution >= 0.6 is 0 Å². The van der Waals surface area contributed by atoms with Crippen LogP contribution in [0.5, 0.6) is 0 Å². The van der Waals surface area contributed by atoms with E-state index in [4.69, 9.17) is 10.3 Å². The van der Waals surface area contributed by atoms with Gasteiger partial charge < -0.3 is 15.6 Å². The Bertz CT molecular complexity index is 290. The van der Waals surface area contributed by atoms with Crippen molar-refractivity contribution in [1.29, 1.82) is 0 Å². The number of nitrogens with one attached hydrogen (secondary N) is 1. The molecule has 0 radical (unpaired) electrons. The van der Waals surface area contributed by atoms with Crippen LogP contribution in [0.25, 0.3) is 0 Å². The molecule has 0 aliphatic carbocycles. The topological polar surface area (TPSA) is 64.1 Å². The normalized spacial score (nSPS) is 20.2. The van der Waals surface area contributed by atoms with E-state index in [-0.39, 0.29) is 5.54 Å². The molecule has 3 N–H and O–H groups in total. The zero-order valence-electron chi connectivity index (χ0n) is 6.64. The molecule has 11 heavy (non-hydrogen) atoms. The molecule has 0 atom stereocenters. The SMILES string of the molecule is CC1(C)NCc2c(N)noc21. The lowest BCUT2D eigenvalue weighted by Crippen LogP contribution is -2.28. The van der Waals surface area contributed by atoms with Gasteiger partial charge in [0, 0.05) is 6.54 Å². The second-order valence-electron chi connectivity index (χ2n) is 3.35. The van der Waals surface area contributed by atoms with Gasteiger partial charge in [-0.15, -0.1) is 0 Å². The van der Waals surface area contributed by atoms with E-state index in [1.807, 2.05) is 13.8 Å². The lowest BCUT2D eigenvalue weighted by molar-refractivity contribution is 0.299. The number of nitrogen functional groups attached to an aromatic ring is 1. The molecule has 2 heterocycles. The van der Waals surface area contributed by atoms with Gasteiger partial charge in [0.1, 0.15) is 0 Å². The molecule has 0 unspecified atom stereocenters. The van der Waals surface area contributed by atoms with Crippen molar-refractivity contribution in [1.82, 2.24) is 10.5 Å². The smallest absolute Gasteiger partial charge is 0.171 e. The van der Waals surface area contributed by atoms with Crippen molar-refractivity contribution in [3.63, 3.8) is 0 Å². The van der Waals surface area contributed by atoms with Crippen LogP contribution < -0.4 is 11.1 Å². The van der Waals surface area contributed by atoms with Crippen LogP contribution in [0.15, 0.2) is 4.52 Å². The minimum atomic E-state index is -0.111. The Kier molecular flexibility index (Phi) is 1.07. The molecule has 4 nitrogen and oxygen atoms in total. The summed E-state index contributed by atoms with van der Waals surface area (Å²) in [7, 11) is 0. The molecular weight excluding hydrogens is 142 g/mol. The third-order valence-electron chi connectivity index (χ3n) is 2.09. The Morgan fingerprint density at radius 1 is 1.64 bits per heavy atom. The Morgan fingerprint density at radius 2 is 2.36 bits per heavy atom. The number of nitrogens with two attached hydrogens (primary N) is 1. The summed E-state index contributed by atoms with van der Waals surface area (Å²) in [6.45, 7) is 4.85. The highest BCUT2D eigenvalue weighted by Crippen LogP contribution is 2.33. The van der Waals surface area contributed by atoms with Crippen molar-refractivity contribution in [2.24, 2.45) is 0 Å². The largest absolute Gasteiger partial charge is 0.381 e. The first kappa shape index (κ1) is 6.67. The van der Waals surface area contributed by atoms with E-state index in [9.17, 15) is 0 Å². The van der Waals surface area contributed by atoms with E-state index >= 15 is 0 Å². The van der Waals surface area contributed by atoms with Crippen LogP contribution in [0.1, 0.15) is 25.2 Å². The van der Waals surface area contributed by atoms with E-state index in [1.165, 1.54) is 0 Å². The van der Waals surface area contributed by atoms with Crippen LogP contribution in [-0.4, -0.2) is 5.16 Å². The summed E-state index contributed by atoms with van der Waals surface area (Å²) < 4.78 is 5.08. The van der Waals surface area contributed by atoms with Gasteiger partial charge in [0.05, 0.1) is 11.1 Å². The van der Waals surface area contributed by atoms with E-state index < -0.39 is 0 Å². The van der Waals surface area contributed by atoms with Crippen molar-refractivity contribution in [3.8, 4) is 0 Å². The molecule has 1 aliphatic heterocycles. The monoisotopic (exact) mass is 153 g/mol. The number of rotatable bonds is 0. The molecule has 1 aromatic heterocycles. The highest BCUT2D eigenvalue weighted by atomic mass is 16.5. The van der Waals surface area contributed by atoms with Gasteiger partial charge in [-0.05, 0) is 13.8 Å². The van der Waals surface area contributed by atoms with Crippen molar-refractivity contribution in [2.45, 2.75) is 25.9 Å². The minimum absolute atomic E-state index is 0.111. The van der Waals surface area contributed by atoms with E-state index in [0.29, 0.717) is 5.82 Å². The molecular formula is C7H11N3O. The number of hydrogen-bond donors (Lipinski definition) is 2. The zero-order valence-corrected chi connectivity index (χ0v) is 6.64. The van der Waals surface area contributed by atoms with Gasteiger partial charge in [0.2, 0.25) is 0 Å². The Balaban J connectivity index is 2.57. The van der Waals surface area contributed by atoms with Crippen LogP contribution in [0, 0.1) is 0 Å². The van der Waals surface area contributed by atoms with Crippen molar-refractivity contribution < 1.29 is 4.52 Å². The number of hydrogen-bond acceptors (Lipinski definition) is 4. The molecule has 0 bridgehead atoms. The van der Waals surface area contributed by atoms with Gasteiger partial charge in [-0.3, -0.25) is 0 Å². The predicted molar refractivity (Wildman–Crippen MR) is 40.8 cm³/mol. The van der Waals surface area contributed by atoms with Crippen molar-refractivity contribution in [2.75, 3.05) is 5.73 Å².